The molecule has 0 aromatic heterocycles. The van der Waals surface area contributed by atoms with E-state index >= 15 is 0 Å². The number of benzene rings is 1. The van der Waals surface area contributed by atoms with E-state index in [0.29, 0.717) is 31.6 Å². The van der Waals surface area contributed by atoms with E-state index < -0.39 is 10.0 Å². The second kappa shape index (κ2) is 9.61. The van der Waals surface area contributed by atoms with Gasteiger partial charge in [-0.05, 0) is 50.7 Å². The van der Waals surface area contributed by atoms with Gasteiger partial charge in [0, 0.05) is 19.5 Å². The molecule has 1 aromatic carbocycles. The molecule has 0 spiro atoms. The molecule has 138 valence electrons. The highest BCUT2D eigenvalue weighted by atomic mass is 32.2. The second-order valence-electron chi connectivity index (χ2n) is 6.48. The molecule has 0 unspecified atom stereocenters. The van der Waals surface area contributed by atoms with Crippen LogP contribution in [0.5, 0.6) is 0 Å². The van der Waals surface area contributed by atoms with E-state index in [1.54, 1.807) is 24.3 Å². The fourth-order valence-corrected chi connectivity index (χ4v) is 4.01. The van der Waals surface area contributed by atoms with Crippen LogP contribution in [-0.4, -0.2) is 33.7 Å². The average Bonchev–Trinajstić information content (AvgIpc) is 2.59. The molecule has 5 nitrogen and oxygen atoms in total. The van der Waals surface area contributed by atoms with Crippen LogP contribution in [0.4, 0.5) is 5.69 Å². The van der Waals surface area contributed by atoms with Crippen molar-refractivity contribution in [3.8, 4) is 0 Å². The Labute approximate surface area is 151 Å². The zero-order valence-electron chi connectivity index (χ0n) is 14.9. The number of nitrogens with one attached hydrogen (secondary N) is 1. The molecule has 1 amide bonds. The minimum Gasteiger partial charge on any atom is -0.356 e. The Morgan fingerprint density at radius 1 is 1.20 bits per heavy atom. The van der Waals surface area contributed by atoms with Gasteiger partial charge in [-0.3, -0.25) is 9.10 Å². The predicted molar refractivity (Wildman–Crippen MR) is 102 cm³/mol. The summed E-state index contributed by atoms with van der Waals surface area (Å²) in [5.74, 6) is -0.0158. The number of nitrogens with zero attached hydrogens (tertiary/aromatic N) is 1. The summed E-state index contributed by atoms with van der Waals surface area (Å²) in [5.41, 5.74) is 2.08. The SMILES string of the molecule is CS(=O)(=O)N(CCCC(=O)NCCC1=CCCCC1)c1ccccc1. The zero-order chi connectivity index (χ0) is 18.1. The molecule has 0 saturated carbocycles. The number of sulfonamides is 1. The van der Waals surface area contributed by atoms with Crippen molar-refractivity contribution in [3.63, 3.8) is 0 Å². The Hall–Kier alpha value is -1.82. The molecule has 2 rings (SSSR count). The van der Waals surface area contributed by atoms with E-state index in [1.807, 2.05) is 6.07 Å². The van der Waals surface area contributed by atoms with E-state index in [-0.39, 0.29) is 5.91 Å². The molecule has 0 saturated heterocycles. The van der Waals surface area contributed by atoms with Crippen molar-refractivity contribution in [2.45, 2.75) is 44.9 Å². The zero-order valence-corrected chi connectivity index (χ0v) is 15.7. The topological polar surface area (TPSA) is 66.5 Å². The minimum atomic E-state index is -3.35. The maximum absolute atomic E-state index is 12.0. The van der Waals surface area contributed by atoms with Crippen molar-refractivity contribution in [3.05, 3.63) is 42.0 Å². The second-order valence-corrected chi connectivity index (χ2v) is 8.39. The number of amides is 1. The molecule has 1 N–H and O–H groups in total. The highest BCUT2D eigenvalue weighted by Gasteiger charge is 2.17. The maximum atomic E-state index is 12.0. The van der Waals surface area contributed by atoms with Gasteiger partial charge in [-0.15, -0.1) is 0 Å². The van der Waals surface area contributed by atoms with E-state index in [9.17, 15) is 13.2 Å². The third kappa shape index (κ3) is 6.90. The number of rotatable bonds is 9. The molecular formula is C19H28N2O3S. The largest absolute Gasteiger partial charge is 0.356 e. The van der Waals surface area contributed by atoms with Crippen molar-refractivity contribution in [2.24, 2.45) is 0 Å². The first-order chi connectivity index (χ1) is 12.0. The van der Waals surface area contributed by atoms with E-state index in [1.165, 1.54) is 29.0 Å². The molecule has 6 heteroatoms. The summed E-state index contributed by atoms with van der Waals surface area (Å²) in [6.45, 7) is 0.973. The van der Waals surface area contributed by atoms with Gasteiger partial charge in [-0.25, -0.2) is 8.42 Å². The first-order valence-corrected chi connectivity index (χ1v) is 10.8. The molecule has 0 aliphatic heterocycles. The lowest BCUT2D eigenvalue weighted by Gasteiger charge is -2.22. The third-order valence-corrected chi connectivity index (χ3v) is 5.56. The molecule has 0 bridgehead atoms. The van der Waals surface area contributed by atoms with Crippen LogP contribution >= 0.6 is 0 Å². The molecule has 1 aromatic rings. The monoisotopic (exact) mass is 364 g/mol. The van der Waals surface area contributed by atoms with Gasteiger partial charge in [-0.2, -0.15) is 0 Å². The summed E-state index contributed by atoms with van der Waals surface area (Å²) in [4.78, 5) is 12.0. The molecule has 0 radical (unpaired) electrons. The minimum absolute atomic E-state index is 0.0158. The van der Waals surface area contributed by atoms with Crippen LogP contribution in [-0.2, 0) is 14.8 Å². The summed E-state index contributed by atoms with van der Waals surface area (Å²) in [7, 11) is -3.35. The summed E-state index contributed by atoms with van der Waals surface area (Å²) in [5, 5.41) is 2.93. The maximum Gasteiger partial charge on any atom is 0.232 e. The van der Waals surface area contributed by atoms with Crippen LogP contribution in [0.2, 0.25) is 0 Å². The lowest BCUT2D eigenvalue weighted by molar-refractivity contribution is -0.121. The first kappa shape index (κ1) is 19.5. The summed E-state index contributed by atoms with van der Waals surface area (Å²) >= 11 is 0. The van der Waals surface area contributed by atoms with Crippen molar-refractivity contribution in [1.82, 2.24) is 5.32 Å². The highest BCUT2D eigenvalue weighted by molar-refractivity contribution is 7.92. The Bertz CT molecular complexity index is 684. The number of hydrogen-bond acceptors (Lipinski definition) is 3. The third-order valence-electron chi connectivity index (χ3n) is 4.36. The van der Waals surface area contributed by atoms with Gasteiger partial charge in [0.05, 0.1) is 11.9 Å². The van der Waals surface area contributed by atoms with Crippen molar-refractivity contribution >= 4 is 21.6 Å². The number of carbonyl (C=O) groups excluding carboxylic acids is 1. The molecule has 0 atom stereocenters. The molecule has 1 aliphatic rings. The Morgan fingerprint density at radius 3 is 2.60 bits per heavy atom. The van der Waals surface area contributed by atoms with Crippen LogP contribution in [0.15, 0.2) is 42.0 Å². The quantitative estimate of drug-likeness (QED) is 0.684. The number of hydrogen-bond donors (Lipinski definition) is 1. The van der Waals surface area contributed by atoms with Crippen molar-refractivity contribution in [1.29, 1.82) is 0 Å². The molecular weight excluding hydrogens is 336 g/mol. The van der Waals surface area contributed by atoms with Gasteiger partial charge >= 0.3 is 0 Å². The van der Waals surface area contributed by atoms with Gasteiger partial charge < -0.3 is 5.32 Å². The van der Waals surface area contributed by atoms with Gasteiger partial charge in [-0.1, -0.05) is 29.8 Å². The van der Waals surface area contributed by atoms with Crippen LogP contribution in [0.25, 0.3) is 0 Å². The number of para-hydroxylation sites is 1. The van der Waals surface area contributed by atoms with E-state index in [2.05, 4.69) is 11.4 Å². The number of allylic oxidation sites excluding steroid dienone is 1. The van der Waals surface area contributed by atoms with E-state index in [4.69, 9.17) is 0 Å². The Kier molecular flexibility index (Phi) is 7.50. The lowest BCUT2D eigenvalue weighted by atomic mass is 9.97. The smallest absolute Gasteiger partial charge is 0.232 e. The summed E-state index contributed by atoms with van der Waals surface area (Å²) in [6.07, 6.45) is 10.1. The van der Waals surface area contributed by atoms with Crippen LogP contribution in [0.1, 0.15) is 44.9 Å². The number of anilines is 1. The van der Waals surface area contributed by atoms with Gasteiger partial charge in [0.15, 0.2) is 0 Å². The van der Waals surface area contributed by atoms with Crippen LogP contribution in [0, 0.1) is 0 Å². The molecule has 0 fully saturated rings. The molecule has 0 heterocycles. The summed E-state index contributed by atoms with van der Waals surface area (Å²) < 4.78 is 25.3. The molecule has 25 heavy (non-hydrogen) atoms. The standard InChI is InChI=1S/C19H28N2O3S/c1-25(23,24)21(18-11-6-3-7-12-18)16-8-13-19(22)20-15-14-17-9-4-2-5-10-17/h3,6-7,9,11-12H,2,4-5,8,10,13-16H2,1H3,(H,20,22). The fourth-order valence-electron chi connectivity index (χ4n) is 3.05. The molecule has 1 aliphatic carbocycles. The van der Waals surface area contributed by atoms with Gasteiger partial charge in [0.1, 0.15) is 0 Å². The van der Waals surface area contributed by atoms with Gasteiger partial charge in [0.2, 0.25) is 15.9 Å². The van der Waals surface area contributed by atoms with Crippen LogP contribution < -0.4 is 9.62 Å². The normalized spacial score (nSPS) is 14.7. The average molecular weight is 365 g/mol. The number of carbonyl (C=O) groups is 1. The van der Waals surface area contributed by atoms with Crippen molar-refractivity contribution < 1.29 is 13.2 Å². The Balaban J connectivity index is 1.74. The first-order valence-electron chi connectivity index (χ1n) is 8.94. The lowest BCUT2D eigenvalue weighted by Crippen LogP contribution is -2.32. The predicted octanol–water partition coefficient (Wildman–Crippen LogP) is 3.24. The van der Waals surface area contributed by atoms with Gasteiger partial charge in [0.25, 0.3) is 0 Å². The summed E-state index contributed by atoms with van der Waals surface area (Å²) in [6, 6.07) is 8.98. The van der Waals surface area contributed by atoms with Crippen molar-refractivity contribution in [2.75, 3.05) is 23.7 Å². The van der Waals surface area contributed by atoms with Crippen LogP contribution in [0.3, 0.4) is 0 Å². The highest BCUT2D eigenvalue weighted by Crippen LogP contribution is 2.19. The van der Waals surface area contributed by atoms with E-state index in [0.717, 1.165) is 19.3 Å². The fraction of sp³-hybridized carbons (Fsp3) is 0.526. The Morgan fingerprint density at radius 2 is 1.96 bits per heavy atom.